The fourth-order valence-electron chi connectivity index (χ4n) is 9.42. The van der Waals surface area contributed by atoms with E-state index in [1.807, 2.05) is 6.92 Å². The van der Waals surface area contributed by atoms with E-state index >= 15 is 0 Å². The Hall–Kier alpha value is -1.18. The topological polar surface area (TPSA) is 194 Å². The van der Waals surface area contributed by atoms with E-state index in [4.69, 9.17) is 9.47 Å². The predicted octanol–water partition coefficient (Wildman–Crippen LogP) is -0.430. The summed E-state index contributed by atoms with van der Waals surface area (Å²) in [6.07, 6.45) is -4.37. The highest BCUT2D eigenvalue weighted by Crippen LogP contribution is 2.68. The number of hydrogen-bond donors (Lipinski definition) is 7. The largest absolute Gasteiger partial charge is 0.479 e. The molecule has 14 atom stereocenters. The molecule has 0 amide bonds. The molecule has 0 bridgehead atoms. The molecule has 7 N–H and O–H groups in total. The number of ketones is 1. The van der Waals surface area contributed by atoms with E-state index in [9.17, 15) is 45.3 Å². The van der Waals surface area contributed by atoms with Crippen LogP contribution in [0.25, 0.3) is 0 Å². The van der Waals surface area contributed by atoms with Gasteiger partial charge in [-0.25, -0.2) is 4.79 Å². The Morgan fingerprint density at radius 1 is 0.974 bits per heavy atom. The number of hydrogen-bond acceptors (Lipinski definition) is 10. The number of carboxylic acids is 1. The molecule has 0 spiro atoms. The van der Waals surface area contributed by atoms with Crippen LogP contribution in [0.1, 0.15) is 65.2 Å². The number of ether oxygens (including phenoxy) is 2. The number of aliphatic hydroxyl groups excluding tert-OH is 5. The highest BCUT2D eigenvalue weighted by Gasteiger charge is 2.68. The van der Waals surface area contributed by atoms with Gasteiger partial charge >= 0.3 is 5.97 Å². The van der Waals surface area contributed by atoms with Gasteiger partial charge < -0.3 is 45.2 Å². The number of carbonyl (C=O) groups is 2. The summed E-state index contributed by atoms with van der Waals surface area (Å²) in [5.74, 6) is -1.65. The molecule has 5 fully saturated rings. The smallest absolute Gasteiger partial charge is 0.335 e. The standard InChI is InChI=1S/C27H42O11/c1-25-7-5-13(37-24-21(33)19(31)20(32)22(38-24)23(34)35)9-12(25)3-4-14-15-6-8-27(36,17(30)11-28)26(15,2)10-16(29)18(14)25/h12-16,18-22,24,28-29,31-33,36H,3-11H2,1-2H3,(H,34,35)/t12-,13+,14-,15-,16-,18?,19-,20-,21+,22-,24+,25-,26-,27-/m0/s1. The molecule has 0 radical (unpaired) electrons. The molecule has 5 aliphatic rings. The van der Waals surface area contributed by atoms with Crippen LogP contribution in [-0.2, 0) is 19.1 Å². The molecule has 0 aromatic heterocycles. The first-order valence-corrected chi connectivity index (χ1v) is 13.9. The molecule has 0 aromatic rings. The summed E-state index contributed by atoms with van der Waals surface area (Å²) in [5, 5.41) is 72.2. The van der Waals surface area contributed by atoms with Gasteiger partial charge in [0.05, 0.1) is 12.2 Å². The van der Waals surface area contributed by atoms with E-state index < -0.39 is 66.2 Å². The lowest BCUT2D eigenvalue weighted by atomic mass is 9.43. The van der Waals surface area contributed by atoms with Crippen molar-refractivity contribution >= 4 is 11.8 Å². The zero-order valence-electron chi connectivity index (χ0n) is 22.0. The second-order valence-corrected chi connectivity index (χ2v) is 13.0. The minimum atomic E-state index is -1.77. The van der Waals surface area contributed by atoms with E-state index in [1.165, 1.54) is 0 Å². The van der Waals surface area contributed by atoms with Gasteiger partial charge in [0.25, 0.3) is 0 Å². The van der Waals surface area contributed by atoms with Crippen molar-refractivity contribution in [1.82, 2.24) is 0 Å². The third kappa shape index (κ3) is 4.00. The molecule has 4 saturated carbocycles. The zero-order chi connectivity index (χ0) is 27.8. The predicted molar refractivity (Wildman–Crippen MR) is 129 cm³/mol. The molecule has 38 heavy (non-hydrogen) atoms. The summed E-state index contributed by atoms with van der Waals surface area (Å²) >= 11 is 0. The molecule has 1 heterocycles. The normalized spacial score (nSPS) is 54.5. The summed E-state index contributed by atoms with van der Waals surface area (Å²) in [5.41, 5.74) is -2.64. The average molecular weight is 543 g/mol. The first kappa shape index (κ1) is 28.4. The Labute approximate surface area is 221 Å². The monoisotopic (exact) mass is 542 g/mol. The van der Waals surface area contributed by atoms with Gasteiger partial charge in [-0.05, 0) is 80.5 Å². The van der Waals surface area contributed by atoms with Crippen LogP contribution in [0.2, 0.25) is 0 Å². The lowest BCUT2D eigenvalue weighted by molar-refractivity contribution is -0.310. The molecular weight excluding hydrogens is 500 g/mol. The van der Waals surface area contributed by atoms with Gasteiger partial charge in [-0.15, -0.1) is 0 Å². The van der Waals surface area contributed by atoms with E-state index in [1.54, 1.807) is 0 Å². The summed E-state index contributed by atoms with van der Waals surface area (Å²) < 4.78 is 11.3. The zero-order valence-corrected chi connectivity index (χ0v) is 22.0. The van der Waals surface area contributed by atoms with E-state index in [2.05, 4.69) is 6.92 Å². The minimum absolute atomic E-state index is 0.0169. The quantitative estimate of drug-likeness (QED) is 0.223. The van der Waals surface area contributed by atoms with Crippen LogP contribution >= 0.6 is 0 Å². The number of carboxylic acid groups (broad SMARTS) is 1. The van der Waals surface area contributed by atoms with Crippen LogP contribution in [0, 0.1) is 34.5 Å². The van der Waals surface area contributed by atoms with Crippen LogP contribution in [0.15, 0.2) is 0 Å². The van der Waals surface area contributed by atoms with Crippen LogP contribution in [0.4, 0.5) is 0 Å². The number of rotatable bonds is 5. The molecule has 11 nitrogen and oxygen atoms in total. The van der Waals surface area contributed by atoms with Gasteiger partial charge in [0, 0.05) is 5.41 Å². The lowest BCUT2D eigenvalue weighted by Crippen LogP contribution is -2.63. The Balaban J connectivity index is 1.31. The molecule has 5 rings (SSSR count). The molecule has 4 aliphatic carbocycles. The molecule has 1 saturated heterocycles. The Bertz CT molecular complexity index is 944. The number of aliphatic carboxylic acids is 1. The third-order valence-electron chi connectivity index (χ3n) is 11.4. The lowest BCUT2D eigenvalue weighted by Gasteiger charge is -2.63. The first-order valence-electron chi connectivity index (χ1n) is 13.9. The van der Waals surface area contributed by atoms with Crippen molar-refractivity contribution in [2.24, 2.45) is 34.5 Å². The highest BCUT2D eigenvalue weighted by atomic mass is 16.7. The summed E-state index contributed by atoms with van der Waals surface area (Å²) in [7, 11) is 0. The Morgan fingerprint density at radius 2 is 1.68 bits per heavy atom. The van der Waals surface area contributed by atoms with Gasteiger partial charge in [-0.2, -0.15) is 0 Å². The second kappa shape index (κ2) is 9.73. The van der Waals surface area contributed by atoms with Crippen LogP contribution in [-0.4, -0.2) is 103 Å². The van der Waals surface area contributed by atoms with E-state index in [0.29, 0.717) is 32.1 Å². The van der Waals surface area contributed by atoms with Crippen molar-refractivity contribution < 1.29 is 54.8 Å². The summed E-state index contributed by atoms with van der Waals surface area (Å²) in [6.45, 7) is 3.37. The Kier molecular flexibility index (Phi) is 7.26. The van der Waals surface area contributed by atoms with Crippen molar-refractivity contribution in [3.8, 4) is 0 Å². The minimum Gasteiger partial charge on any atom is -0.479 e. The number of aliphatic hydroxyl groups is 6. The van der Waals surface area contributed by atoms with Crippen LogP contribution in [0.3, 0.4) is 0 Å². The maximum atomic E-state index is 12.6. The van der Waals surface area contributed by atoms with E-state index in [-0.39, 0.29) is 35.2 Å². The Morgan fingerprint density at radius 3 is 2.34 bits per heavy atom. The van der Waals surface area contributed by atoms with Gasteiger partial charge in [-0.1, -0.05) is 13.8 Å². The molecule has 1 aliphatic heterocycles. The fourth-order valence-corrected chi connectivity index (χ4v) is 9.42. The van der Waals surface area contributed by atoms with Crippen molar-refractivity contribution in [2.45, 2.75) is 114 Å². The maximum absolute atomic E-state index is 12.6. The summed E-state index contributed by atoms with van der Waals surface area (Å²) in [4.78, 5) is 24.0. The van der Waals surface area contributed by atoms with Gasteiger partial charge in [0.1, 0.15) is 30.5 Å². The second-order valence-electron chi connectivity index (χ2n) is 13.0. The molecule has 1 unspecified atom stereocenters. The van der Waals surface area contributed by atoms with E-state index in [0.717, 1.165) is 19.3 Å². The third-order valence-corrected chi connectivity index (χ3v) is 11.4. The highest BCUT2D eigenvalue weighted by molar-refractivity contribution is 5.89. The first-order chi connectivity index (χ1) is 17.8. The van der Waals surface area contributed by atoms with Gasteiger partial charge in [0.2, 0.25) is 0 Å². The van der Waals surface area contributed by atoms with Crippen molar-refractivity contribution in [2.75, 3.05) is 6.61 Å². The van der Waals surface area contributed by atoms with Crippen LogP contribution < -0.4 is 0 Å². The average Bonchev–Trinajstić information content (AvgIpc) is 3.14. The maximum Gasteiger partial charge on any atom is 0.335 e. The fraction of sp³-hybridized carbons (Fsp3) is 0.926. The van der Waals surface area contributed by atoms with Crippen LogP contribution in [0.5, 0.6) is 0 Å². The number of Topliss-reactive ketones (excluding diaryl/α,β-unsaturated/α-hetero) is 1. The molecule has 0 aromatic carbocycles. The van der Waals surface area contributed by atoms with Crippen molar-refractivity contribution in [3.05, 3.63) is 0 Å². The SMILES string of the molecule is C[C@]12C[C@H](O)C3[C@@H](CC[C@H]4C[C@H](O[C@@H]5O[C@H](C(=O)O)[C@@H](O)[C@H](O)[C@H]5O)CC[C@]34C)[C@@H]1CC[C@]2(O)C(=O)CO. The molecular formula is C27H42O11. The van der Waals surface area contributed by atoms with Gasteiger partial charge in [-0.3, -0.25) is 4.79 Å². The molecule has 216 valence electrons. The molecule has 11 heteroatoms. The van der Waals surface area contributed by atoms with Gasteiger partial charge in [0.15, 0.2) is 18.2 Å². The number of carbonyl (C=O) groups excluding carboxylic acids is 1. The van der Waals surface area contributed by atoms with Crippen molar-refractivity contribution in [1.29, 1.82) is 0 Å². The van der Waals surface area contributed by atoms with Crippen molar-refractivity contribution in [3.63, 3.8) is 0 Å². The number of fused-ring (bicyclic) bond motifs is 5. The summed E-state index contributed by atoms with van der Waals surface area (Å²) in [6, 6.07) is 0.